The summed E-state index contributed by atoms with van der Waals surface area (Å²) in [6.07, 6.45) is 3.48. The number of ether oxygens (including phenoxy) is 2. The minimum absolute atomic E-state index is 0.461. The van der Waals surface area contributed by atoms with E-state index in [0.29, 0.717) is 13.2 Å². The third-order valence-electron chi connectivity index (χ3n) is 8.48. The molecule has 266 valence electrons. The van der Waals surface area contributed by atoms with Crippen molar-refractivity contribution in [3.63, 3.8) is 0 Å². The molecule has 0 aliphatic carbocycles. The van der Waals surface area contributed by atoms with Crippen LogP contribution in [0.2, 0.25) is 0 Å². The summed E-state index contributed by atoms with van der Waals surface area (Å²) in [6, 6.07) is 36.8. The van der Waals surface area contributed by atoms with Gasteiger partial charge in [-0.1, -0.05) is 86.0 Å². The topological polar surface area (TPSA) is 70.0 Å². The van der Waals surface area contributed by atoms with Gasteiger partial charge in [0, 0.05) is 32.0 Å². The molecule has 10 heteroatoms. The third kappa shape index (κ3) is 7.34. The Hall–Kier alpha value is -5.52. The smallest absolute Gasteiger partial charge is 0.124 e. The van der Waals surface area contributed by atoms with Crippen molar-refractivity contribution in [2.75, 3.05) is 13.2 Å². The van der Waals surface area contributed by atoms with Crippen LogP contribution in [-0.4, -0.2) is 33.1 Å². The second-order valence-electron chi connectivity index (χ2n) is 12.2. The maximum Gasteiger partial charge on any atom is 0.124 e. The maximum atomic E-state index is 5.73. The Balaban J connectivity index is 1.27. The van der Waals surface area contributed by atoms with Gasteiger partial charge in [0.2, 0.25) is 0 Å². The summed E-state index contributed by atoms with van der Waals surface area (Å²) >= 11 is 6.65. The van der Waals surface area contributed by atoms with Crippen molar-refractivity contribution in [1.29, 1.82) is 0 Å². The molecule has 4 heterocycles. The van der Waals surface area contributed by atoms with Crippen molar-refractivity contribution >= 4 is 45.3 Å². The fourth-order valence-corrected chi connectivity index (χ4v) is 10.1. The van der Waals surface area contributed by atoms with Crippen LogP contribution >= 0.6 is 45.3 Å². The zero-order valence-corrected chi connectivity index (χ0v) is 32.9. The van der Waals surface area contributed by atoms with Crippen LogP contribution in [0.15, 0.2) is 135 Å². The number of rotatable bonds is 13. The van der Waals surface area contributed by atoms with E-state index in [4.69, 9.17) is 29.4 Å². The molecule has 0 unspecified atom stereocenters. The van der Waals surface area contributed by atoms with E-state index in [1.807, 2.05) is 60.7 Å². The molecule has 4 aromatic heterocycles. The molecule has 8 rings (SSSR count). The monoisotopic (exact) mass is 778 g/mol. The number of benzene rings is 4. The molecule has 0 radical (unpaired) electrons. The largest absolute Gasteiger partial charge is 0.490 e. The standard InChI is InChI=1S/C44H34N4O2S4/c1-5-25-49-33-21-17-31(18-22-33)41-45-35(27(3)51-41)39-37(47-43(53-39)29-13-9-7-10-14-29)38-40(54-44(48-38)30-15-11-8-12-16-30)36-28(4)52-42(46-36)32-19-23-34(24-20-32)50-26-6-2/h5-24H,1-2,25-26H2,3-4H3. The molecule has 0 saturated heterocycles. The highest BCUT2D eigenvalue weighted by molar-refractivity contribution is 7.21. The first kappa shape index (κ1) is 35.5. The summed E-state index contributed by atoms with van der Waals surface area (Å²) in [5, 5.41) is 3.69. The van der Waals surface area contributed by atoms with E-state index in [9.17, 15) is 0 Å². The van der Waals surface area contributed by atoms with Gasteiger partial charge >= 0.3 is 0 Å². The van der Waals surface area contributed by atoms with Crippen molar-refractivity contribution in [2.45, 2.75) is 13.8 Å². The van der Waals surface area contributed by atoms with Crippen LogP contribution in [0.1, 0.15) is 9.75 Å². The molecule has 0 spiro atoms. The van der Waals surface area contributed by atoms with Gasteiger partial charge in [-0.3, -0.25) is 0 Å². The van der Waals surface area contributed by atoms with Crippen LogP contribution in [0.4, 0.5) is 0 Å². The molecule has 54 heavy (non-hydrogen) atoms. The van der Waals surface area contributed by atoms with Gasteiger partial charge in [-0.15, -0.1) is 45.3 Å². The number of aromatic nitrogens is 4. The molecular formula is C44H34N4O2S4. The zero-order chi connectivity index (χ0) is 37.0. The van der Waals surface area contributed by atoms with E-state index in [1.54, 1.807) is 57.5 Å². The molecule has 8 aromatic rings. The number of hydrogen-bond donors (Lipinski definition) is 0. The first-order valence-electron chi connectivity index (χ1n) is 17.3. The predicted octanol–water partition coefficient (Wildman–Crippen LogP) is 12.9. The van der Waals surface area contributed by atoms with Crippen molar-refractivity contribution in [2.24, 2.45) is 0 Å². The van der Waals surface area contributed by atoms with Gasteiger partial charge in [0.25, 0.3) is 0 Å². The molecule has 0 saturated carbocycles. The Labute approximate surface area is 330 Å². The van der Waals surface area contributed by atoms with E-state index in [0.717, 1.165) is 96.1 Å². The molecule has 4 aromatic carbocycles. The fourth-order valence-electron chi connectivity index (χ4n) is 5.85. The van der Waals surface area contributed by atoms with Crippen molar-refractivity contribution in [1.82, 2.24) is 19.9 Å². The van der Waals surface area contributed by atoms with Gasteiger partial charge < -0.3 is 9.47 Å². The summed E-state index contributed by atoms with van der Waals surface area (Å²) in [7, 11) is 0. The van der Waals surface area contributed by atoms with Gasteiger partial charge in [0.1, 0.15) is 56.1 Å². The Kier molecular flexibility index (Phi) is 10.4. The van der Waals surface area contributed by atoms with E-state index in [2.05, 4.69) is 75.5 Å². The lowest BCUT2D eigenvalue weighted by atomic mass is 10.1. The lowest BCUT2D eigenvalue weighted by Gasteiger charge is -2.04. The number of hydrogen-bond acceptors (Lipinski definition) is 10. The first-order valence-corrected chi connectivity index (χ1v) is 20.5. The average molecular weight is 779 g/mol. The third-order valence-corrected chi connectivity index (χ3v) is 12.7. The second-order valence-corrected chi connectivity index (χ2v) is 16.6. The van der Waals surface area contributed by atoms with Crippen LogP contribution in [0.25, 0.3) is 74.8 Å². The highest BCUT2D eigenvalue weighted by Gasteiger charge is 2.28. The van der Waals surface area contributed by atoms with Crippen LogP contribution in [0.3, 0.4) is 0 Å². The van der Waals surface area contributed by atoms with Gasteiger partial charge in [0.05, 0.1) is 21.1 Å². The molecule has 0 bridgehead atoms. The second kappa shape index (κ2) is 15.8. The molecule has 0 aliphatic rings. The SMILES string of the molecule is C=CCOc1ccc(-c2nc(-c3sc(-c4ccccc4)nc3-c3nc(-c4ccccc4)sc3-c3nc(-c4ccc(OCC=C)cc4)sc3C)c(C)s2)cc1. The van der Waals surface area contributed by atoms with E-state index >= 15 is 0 Å². The quantitative estimate of drug-likeness (QED) is 0.109. The predicted molar refractivity (Wildman–Crippen MR) is 228 cm³/mol. The highest BCUT2D eigenvalue weighted by atomic mass is 32.1. The van der Waals surface area contributed by atoms with Gasteiger partial charge in [-0.25, -0.2) is 19.9 Å². The molecule has 0 aliphatic heterocycles. The van der Waals surface area contributed by atoms with Crippen LogP contribution in [0.5, 0.6) is 11.5 Å². The summed E-state index contributed by atoms with van der Waals surface area (Å²) in [4.78, 5) is 25.4. The lowest BCUT2D eigenvalue weighted by molar-refractivity contribution is 0.363. The maximum absolute atomic E-state index is 5.73. The number of nitrogens with zero attached hydrogens (tertiary/aromatic N) is 4. The van der Waals surface area contributed by atoms with Gasteiger partial charge in [0.15, 0.2) is 0 Å². The summed E-state index contributed by atoms with van der Waals surface area (Å²) in [5.41, 5.74) is 7.58. The molecule has 6 nitrogen and oxygen atoms in total. The Bertz CT molecular complexity index is 2370. The van der Waals surface area contributed by atoms with Crippen LogP contribution in [0, 0.1) is 13.8 Å². The van der Waals surface area contributed by atoms with Crippen molar-refractivity contribution in [3.05, 3.63) is 144 Å². The summed E-state index contributed by atoms with van der Waals surface area (Å²) in [5.74, 6) is 1.59. The minimum Gasteiger partial charge on any atom is -0.490 e. The molecular weight excluding hydrogens is 745 g/mol. The van der Waals surface area contributed by atoms with Crippen LogP contribution < -0.4 is 9.47 Å². The van der Waals surface area contributed by atoms with Crippen molar-refractivity contribution < 1.29 is 9.47 Å². The highest BCUT2D eigenvalue weighted by Crippen LogP contribution is 2.49. The summed E-state index contributed by atoms with van der Waals surface area (Å²) < 4.78 is 11.5. The normalized spacial score (nSPS) is 11.1. The number of thiazole rings is 4. The fraction of sp³-hybridized carbons (Fsp3) is 0.0909. The zero-order valence-electron chi connectivity index (χ0n) is 29.6. The molecule has 0 atom stereocenters. The Morgan fingerprint density at radius 1 is 0.444 bits per heavy atom. The van der Waals surface area contributed by atoms with Crippen LogP contribution in [-0.2, 0) is 0 Å². The van der Waals surface area contributed by atoms with E-state index in [-0.39, 0.29) is 0 Å². The number of aryl methyl sites for hydroxylation is 2. The molecule has 0 fully saturated rings. The Morgan fingerprint density at radius 2 is 0.778 bits per heavy atom. The van der Waals surface area contributed by atoms with Crippen molar-refractivity contribution in [3.8, 4) is 86.3 Å². The van der Waals surface area contributed by atoms with E-state index < -0.39 is 0 Å². The van der Waals surface area contributed by atoms with Gasteiger partial charge in [-0.05, 0) is 62.4 Å². The lowest BCUT2D eigenvalue weighted by Crippen LogP contribution is -1.92. The minimum atomic E-state index is 0.461. The average Bonchev–Trinajstić information content (AvgIpc) is 4.02. The van der Waals surface area contributed by atoms with E-state index in [1.165, 1.54) is 0 Å². The molecule has 0 N–H and O–H groups in total. The summed E-state index contributed by atoms with van der Waals surface area (Å²) in [6.45, 7) is 12.7. The Morgan fingerprint density at radius 3 is 1.15 bits per heavy atom. The first-order chi connectivity index (χ1) is 26.5. The molecule has 0 amide bonds. The van der Waals surface area contributed by atoms with Gasteiger partial charge in [-0.2, -0.15) is 0 Å².